The number of thioether (sulfide) groups is 1. The SMILES string of the molecule is CC1=C(SCc2ccccc2)C(=O)N1. The Labute approximate surface area is 87.4 Å². The van der Waals surface area contributed by atoms with E-state index in [9.17, 15) is 4.79 Å². The molecule has 0 fully saturated rings. The van der Waals surface area contributed by atoms with Crippen LogP contribution in [0.3, 0.4) is 0 Å². The third kappa shape index (κ3) is 1.82. The molecule has 72 valence electrons. The van der Waals surface area contributed by atoms with Crippen LogP contribution >= 0.6 is 11.8 Å². The van der Waals surface area contributed by atoms with Gasteiger partial charge in [-0.2, -0.15) is 0 Å². The minimum absolute atomic E-state index is 0.0587. The van der Waals surface area contributed by atoms with E-state index in [2.05, 4.69) is 17.4 Å². The Morgan fingerprint density at radius 3 is 2.57 bits per heavy atom. The van der Waals surface area contributed by atoms with Gasteiger partial charge in [-0.05, 0) is 12.5 Å². The van der Waals surface area contributed by atoms with Crippen LogP contribution in [0, 0.1) is 0 Å². The van der Waals surface area contributed by atoms with Gasteiger partial charge in [0.25, 0.3) is 5.91 Å². The van der Waals surface area contributed by atoms with Gasteiger partial charge in [0.05, 0.1) is 4.91 Å². The summed E-state index contributed by atoms with van der Waals surface area (Å²) in [7, 11) is 0. The standard InChI is InChI=1S/C11H11NOS/c1-8-10(11(13)12-8)14-7-9-5-3-2-4-6-9/h2-6H,7H2,1H3,(H,12,13). The van der Waals surface area contributed by atoms with Gasteiger partial charge in [-0.15, -0.1) is 11.8 Å². The number of benzene rings is 1. The van der Waals surface area contributed by atoms with Gasteiger partial charge in [0, 0.05) is 11.4 Å². The number of hydrogen-bond acceptors (Lipinski definition) is 2. The van der Waals surface area contributed by atoms with Crippen molar-refractivity contribution in [1.82, 2.24) is 5.32 Å². The van der Waals surface area contributed by atoms with E-state index in [1.54, 1.807) is 11.8 Å². The van der Waals surface area contributed by atoms with Crippen LogP contribution in [0.1, 0.15) is 12.5 Å². The van der Waals surface area contributed by atoms with E-state index in [-0.39, 0.29) is 5.91 Å². The highest BCUT2D eigenvalue weighted by Crippen LogP contribution is 2.28. The lowest BCUT2D eigenvalue weighted by atomic mass is 10.2. The predicted molar refractivity (Wildman–Crippen MR) is 58.6 cm³/mol. The van der Waals surface area contributed by atoms with Crippen molar-refractivity contribution in [3.8, 4) is 0 Å². The van der Waals surface area contributed by atoms with E-state index >= 15 is 0 Å². The first-order valence-electron chi connectivity index (χ1n) is 4.46. The van der Waals surface area contributed by atoms with Crippen molar-refractivity contribution in [3.63, 3.8) is 0 Å². The molecule has 3 heteroatoms. The first-order valence-corrected chi connectivity index (χ1v) is 5.45. The zero-order valence-electron chi connectivity index (χ0n) is 7.91. The van der Waals surface area contributed by atoms with Crippen LogP contribution in [0.15, 0.2) is 40.9 Å². The highest BCUT2D eigenvalue weighted by atomic mass is 32.2. The molecule has 1 aromatic carbocycles. The Kier molecular flexibility index (Phi) is 2.59. The zero-order valence-corrected chi connectivity index (χ0v) is 8.73. The van der Waals surface area contributed by atoms with Crippen LogP contribution in [0.4, 0.5) is 0 Å². The minimum atomic E-state index is 0.0587. The molecule has 0 atom stereocenters. The quantitative estimate of drug-likeness (QED) is 0.820. The lowest BCUT2D eigenvalue weighted by Gasteiger charge is -2.20. The molecule has 2 rings (SSSR count). The number of carbonyl (C=O) groups excluding carboxylic acids is 1. The molecule has 1 aliphatic rings. The van der Waals surface area contributed by atoms with Crippen LogP contribution < -0.4 is 5.32 Å². The lowest BCUT2D eigenvalue weighted by molar-refractivity contribution is -0.117. The zero-order chi connectivity index (χ0) is 9.97. The van der Waals surface area contributed by atoms with Crippen molar-refractivity contribution in [2.45, 2.75) is 12.7 Å². The molecule has 0 spiro atoms. The molecule has 0 bridgehead atoms. The molecule has 1 aliphatic heterocycles. The average Bonchev–Trinajstić information content (AvgIpc) is 2.19. The molecule has 0 unspecified atom stereocenters. The summed E-state index contributed by atoms with van der Waals surface area (Å²) in [6.45, 7) is 1.93. The second-order valence-corrected chi connectivity index (χ2v) is 4.17. The summed E-state index contributed by atoms with van der Waals surface area (Å²) in [5.74, 6) is 0.921. The second-order valence-electron chi connectivity index (χ2n) is 3.18. The smallest absolute Gasteiger partial charge is 0.263 e. The van der Waals surface area contributed by atoms with Gasteiger partial charge in [0.15, 0.2) is 0 Å². The number of amides is 1. The van der Waals surface area contributed by atoms with Gasteiger partial charge in [0.1, 0.15) is 0 Å². The third-order valence-electron chi connectivity index (χ3n) is 2.07. The van der Waals surface area contributed by atoms with Crippen LogP contribution in [0.2, 0.25) is 0 Å². The lowest BCUT2D eigenvalue weighted by Crippen LogP contribution is -2.34. The maximum Gasteiger partial charge on any atom is 0.263 e. The number of nitrogens with one attached hydrogen (secondary N) is 1. The van der Waals surface area contributed by atoms with E-state index in [0.29, 0.717) is 0 Å². The number of carbonyl (C=O) groups is 1. The molecule has 14 heavy (non-hydrogen) atoms. The Morgan fingerprint density at radius 2 is 2.00 bits per heavy atom. The summed E-state index contributed by atoms with van der Waals surface area (Å²) in [5.41, 5.74) is 2.24. The van der Waals surface area contributed by atoms with Gasteiger partial charge >= 0.3 is 0 Å². The molecule has 1 amide bonds. The van der Waals surface area contributed by atoms with E-state index in [1.165, 1.54) is 5.56 Å². The maximum absolute atomic E-state index is 11.1. The van der Waals surface area contributed by atoms with Crippen molar-refractivity contribution in [2.75, 3.05) is 0 Å². The normalized spacial score (nSPS) is 15.1. The van der Waals surface area contributed by atoms with Gasteiger partial charge in [-0.3, -0.25) is 4.79 Å². The maximum atomic E-state index is 11.1. The highest BCUT2D eigenvalue weighted by molar-refractivity contribution is 8.03. The Morgan fingerprint density at radius 1 is 1.29 bits per heavy atom. The fourth-order valence-electron chi connectivity index (χ4n) is 1.30. The number of allylic oxidation sites excluding steroid dienone is 1. The molecule has 0 saturated carbocycles. The Balaban J connectivity index is 1.96. The molecule has 0 aliphatic carbocycles. The van der Waals surface area contributed by atoms with E-state index in [0.717, 1.165) is 16.4 Å². The fraction of sp³-hybridized carbons (Fsp3) is 0.182. The number of rotatable bonds is 3. The van der Waals surface area contributed by atoms with Crippen LogP contribution in [-0.2, 0) is 10.5 Å². The van der Waals surface area contributed by atoms with Gasteiger partial charge < -0.3 is 5.32 Å². The van der Waals surface area contributed by atoms with Crippen LogP contribution in [-0.4, -0.2) is 5.91 Å². The molecule has 0 saturated heterocycles. The summed E-state index contributed by atoms with van der Waals surface area (Å²) in [6, 6.07) is 10.2. The Bertz CT molecular complexity index is 384. The molecule has 1 N–H and O–H groups in total. The second kappa shape index (κ2) is 3.88. The molecule has 2 nitrogen and oxygen atoms in total. The van der Waals surface area contributed by atoms with E-state index in [4.69, 9.17) is 0 Å². The van der Waals surface area contributed by atoms with Crippen molar-refractivity contribution in [3.05, 3.63) is 46.5 Å². The Hall–Kier alpha value is -1.22. The van der Waals surface area contributed by atoms with Crippen molar-refractivity contribution >= 4 is 17.7 Å². The third-order valence-corrected chi connectivity index (χ3v) is 3.33. The van der Waals surface area contributed by atoms with Crippen molar-refractivity contribution in [2.24, 2.45) is 0 Å². The molecular weight excluding hydrogens is 194 g/mol. The van der Waals surface area contributed by atoms with Crippen molar-refractivity contribution in [1.29, 1.82) is 0 Å². The summed E-state index contributed by atoms with van der Waals surface area (Å²) in [6.07, 6.45) is 0. The predicted octanol–water partition coefficient (Wildman–Crippen LogP) is 2.28. The monoisotopic (exact) mass is 205 g/mol. The average molecular weight is 205 g/mol. The molecule has 0 radical (unpaired) electrons. The van der Waals surface area contributed by atoms with Gasteiger partial charge in [-0.25, -0.2) is 0 Å². The van der Waals surface area contributed by atoms with Crippen molar-refractivity contribution < 1.29 is 4.79 Å². The molecular formula is C11H11NOS. The van der Waals surface area contributed by atoms with Gasteiger partial charge in [0.2, 0.25) is 0 Å². The first-order chi connectivity index (χ1) is 6.77. The summed E-state index contributed by atoms with van der Waals surface area (Å²) < 4.78 is 0. The molecule has 0 aromatic heterocycles. The number of hydrogen-bond donors (Lipinski definition) is 1. The largest absolute Gasteiger partial charge is 0.324 e. The molecule has 1 aromatic rings. The summed E-state index contributed by atoms with van der Waals surface area (Å²) in [5, 5.41) is 2.71. The fourth-order valence-corrected chi connectivity index (χ4v) is 2.25. The summed E-state index contributed by atoms with van der Waals surface area (Å²) in [4.78, 5) is 11.9. The topological polar surface area (TPSA) is 29.1 Å². The van der Waals surface area contributed by atoms with E-state index in [1.807, 2.05) is 25.1 Å². The van der Waals surface area contributed by atoms with Crippen LogP contribution in [0.5, 0.6) is 0 Å². The summed E-state index contributed by atoms with van der Waals surface area (Å²) >= 11 is 1.60. The van der Waals surface area contributed by atoms with E-state index < -0.39 is 0 Å². The van der Waals surface area contributed by atoms with Gasteiger partial charge in [-0.1, -0.05) is 30.3 Å². The van der Waals surface area contributed by atoms with Crippen LogP contribution in [0.25, 0.3) is 0 Å². The highest BCUT2D eigenvalue weighted by Gasteiger charge is 2.23. The first kappa shape index (κ1) is 9.34. The minimum Gasteiger partial charge on any atom is -0.324 e. The molecule has 1 heterocycles.